The zero-order valence-electron chi connectivity index (χ0n) is 9.85. The topological polar surface area (TPSA) is 58.6 Å². The van der Waals surface area contributed by atoms with E-state index in [4.69, 9.17) is 9.84 Å². The minimum absolute atomic E-state index is 0.0150. The Balaban J connectivity index is 2.07. The number of carboxylic acids is 1. The molecule has 2 N–H and O–H groups in total. The summed E-state index contributed by atoms with van der Waals surface area (Å²) in [7, 11) is 0. The molecule has 2 unspecified atom stereocenters. The first-order valence-electron chi connectivity index (χ1n) is 5.93. The van der Waals surface area contributed by atoms with Crippen molar-refractivity contribution in [1.29, 1.82) is 0 Å². The highest BCUT2D eigenvalue weighted by Gasteiger charge is 2.28. The summed E-state index contributed by atoms with van der Waals surface area (Å²) in [4.78, 5) is 11.1. The number of nitrogens with one attached hydrogen (secondary N) is 1. The lowest BCUT2D eigenvalue weighted by Crippen LogP contribution is -2.39. The van der Waals surface area contributed by atoms with Crippen LogP contribution in [0.2, 0.25) is 0 Å². The SMILES string of the molecule is CCCC(NC1COc2ccccc21)C(=O)O. The van der Waals surface area contributed by atoms with E-state index in [1.54, 1.807) is 0 Å². The number of rotatable bonds is 5. The van der Waals surface area contributed by atoms with Crippen molar-refractivity contribution in [2.75, 3.05) is 6.61 Å². The molecule has 0 fully saturated rings. The quantitative estimate of drug-likeness (QED) is 0.819. The molecule has 0 aromatic heterocycles. The van der Waals surface area contributed by atoms with Crippen molar-refractivity contribution in [2.45, 2.75) is 31.8 Å². The first-order chi connectivity index (χ1) is 8.22. The number of hydrogen-bond donors (Lipinski definition) is 2. The van der Waals surface area contributed by atoms with Gasteiger partial charge in [-0.1, -0.05) is 31.5 Å². The van der Waals surface area contributed by atoms with Gasteiger partial charge in [0, 0.05) is 5.56 Å². The molecule has 0 radical (unpaired) electrons. The largest absolute Gasteiger partial charge is 0.491 e. The standard InChI is InChI=1S/C13H17NO3/c1-2-5-10(13(15)16)14-11-8-17-12-7-4-3-6-9(11)12/h3-4,6-7,10-11,14H,2,5,8H2,1H3,(H,15,16). The van der Waals surface area contributed by atoms with Crippen molar-refractivity contribution in [3.8, 4) is 5.75 Å². The minimum atomic E-state index is -0.795. The molecule has 2 rings (SSSR count). The molecule has 1 heterocycles. The third-order valence-corrected chi connectivity index (χ3v) is 2.98. The number of carbonyl (C=O) groups is 1. The van der Waals surface area contributed by atoms with Crippen molar-refractivity contribution < 1.29 is 14.6 Å². The molecule has 4 nitrogen and oxygen atoms in total. The summed E-state index contributed by atoms with van der Waals surface area (Å²) < 4.78 is 5.51. The molecule has 1 aromatic rings. The van der Waals surface area contributed by atoms with Gasteiger partial charge in [-0.05, 0) is 12.5 Å². The molecule has 0 amide bonds. The lowest BCUT2D eigenvalue weighted by Gasteiger charge is -2.18. The van der Waals surface area contributed by atoms with Gasteiger partial charge in [0.15, 0.2) is 0 Å². The summed E-state index contributed by atoms with van der Waals surface area (Å²) in [6.45, 7) is 2.49. The third-order valence-electron chi connectivity index (χ3n) is 2.98. The van der Waals surface area contributed by atoms with Gasteiger partial charge in [0.05, 0.1) is 6.04 Å². The smallest absolute Gasteiger partial charge is 0.320 e. The maximum atomic E-state index is 11.1. The molecule has 92 valence electrons. The van der Waals surface area contributed by atoms with Gasteiger partial charge in [-0.3, -0.25) is 10.1 Å². The average Bonchev–Trinajstić information content (AvgIpc) is 2.72. The molecular formula is C13H17NO3. The second-order valence-electron chi connectivity index (χ2n) is 4.25. The van der Waals surface area contributed by atoms with E-state index in [9.17, 15) is 4.79 Å². The fourth-order valence-corrected chi connectivity index (χ4v) is 2.11. The van der Waals surface area contributed by atoms with Gasteiger partial charge < -0.3 is 9.84 Å². The van der Waals surface area contributed by atoms with E-state index in [1.165, 1.54) is 0 Å². The highest BCUT2D eigenvalue weighted by molar-refractivity contribution is 5.73. The summed E-state index contributed by atoms with van der Waals surface area (Å²) in [6, 6.07) is 7.23. The van der Waals surface area contributed by atoms with Crippen molar-refractivity contribution in [3.63, 3.8) is 0 Å². The van der Waals surface area contributed by atoms with Crippen LogP contribution < -0.4 is 10.1 Å². The summed E-state index contributed by atoms with van der Waals surface area (Å²) >= 11 is 0. The Morgan fingerprint density at radius 2 is 2.35 bits per heavy atom. The van der Waals surface area contributed by atoms with Gasteiger partial charge in [-0.15, -0.1) is 0 Å². The zero-order chi connectivity index (χ0) is 12.3. The third kappa shape index (κ3) is 2.58. The van der Waals surface area contributed by atoms with E-state index in [-0.39, 0.29) is 6.04 Å². The van der Waals surface area contributed by atoms with Crippen LogP contribution in [-0.2, 0) is 4.79 Å². The lowest BCUT2D eigenvalue weighted by molar-refractivity contribution is -0.139. The van der Waals surface area contributed by atoms with Crippen LogP contribution in [0.15, 0.2) is 24.3 Å². The Morgan fingerprint density at radius 1 is 1.59 bits per heavy atom. The molecule has 2 atom stereocenters. The van der Waals surface area contributed by atoms with Crippen LogP contribution in [0.4, 0.5) is 0 Å². The summed E-state index contributed by atoms with van der Waals surface area (Å²) in [6.07, 6.45) is 1.48. The average molecular weight is 235 g/mol. The lowest BCUT2D eigenvalue weighted by atomic mass is 10.1. The van der Waals surface area contributed by atoms with E-state index in [0.29, 0.717) is 13.0 Å². The first kappa shape index (κ1) is 11.9. The molecule has 0 saturated heterocycles. The highest BCUT2D eigenvalue weighted by atomic mass is 16.5. The van der Waals surface area contributed by atoms with Gasteiger partial charge in [-0.25, -0.2) is 0 Å². The predicted octanol–water partition coefficient (Wildman–Crippen LogP) is 1.96. The minimum Gasteiger partial charge on any atom is -0.491 e. The number of benzene rings is 1. The Labute approximate surface area is 101 Å². The molecule has 0 saturated carbocycles. The summed E-state index contributed by atoms with van der Waals surface area (Å²) in [5, 5.41) is 12.3. The predicted molar refractivity (Wildman–Crippen MR) is 64.1 cm³/mol. The van der Waals surface area contributed by atoms with Gasteiger partial charge in [0.25, 0.3) is 0 Å². The van der Waals surface area contributed by atoms with Crippen LogP contribution in [0.1, 0.15) is 31.4 Å². The number of carboxylic acid groups (broad SMARTS) is 1. The van der Waals surface area contributed by atoms with E-state index in [1.807, 2.05) is 31.2 Å². The zero-order valence-corrected chi connectivity index (χ0v) is 9.85. The second-order valence-corrected chi connectivity index (χ2v) is 4.25. The number of ether oxygens (including phenoxy) is 1. The van der Waals surface area contributed by atoms with Gasteiger partial charge in [0.2, 0.25) is 0 Å². The normalized spacial score (nSPS) is 19.5. The highest BCUT2D eigenvalue weighted by Crippen LogP contribution is 2.32. The molecular weight excluding hydrogens is 218 g/mol. The number of para-hydroxylation sites is 1. The Morgan fingerprint density at radius 3 is 3.06 bits per heavy atom. The molecule has 1 aliphatic heterocycles. The van der Waals surface area contributed by atoms with Crippen molar-refractivity contribution >= 4 is 5.97 Å². The van der Waals surface area contributed by atoms with Crippen molar-refractivity contribution in [2.24, 2.45) is 0 Å². The van der Waals surface area contributed by atoms with Gasteiger partial charge >= 0.3 is 5.97 Å². The van der Waals surface area contributed by atoms with Gasteiger partial charge in [-0.2, -0.15) is 0 Å². The van der Waals surface area contributed by atoms with Crippen LogP contribution in [0, 0.1) is 0 Å². The fourth-order valence-electron chi connectivity index (χ4n) is 2.11. The molecule has 1 aliphatic rings. The van der Waals surface area contributed by atoms with E-state index < -0.39 is 12.0 Å². The van der Waals surface area contributed by atoms with Crippen LogP contribution in [0.3, 0.4) is 0 Å². The Hall–Kier alpha value is -1.55. The van der Waals surface area contributed by atoms with Gasteiger partial charge in [0.1, 0.15) is 18.4 Å². The van der Waals surface area contributed by atoms with E-state index in [0.717, 1.165) is 17.7 Å². The maximum absolute atomic E-state index is 11.1. The number of hydrogen-bond acceptors (Lipinski definition) is 3. The number of fused-ring (bicyclic) bond motifs is 1. The Kier molecular flexibility index (Phi) is 3.64. The molecule has 0 bridgehead atoms. The van der Waals surface area contributed by atoms with Crippen LogP contribution >= 0.6 is 0 Å². The van der Waals surface area contributed by atoms with Crippen LogP contribution in [0.25, 0.3) is 0 Å². The first-order valence-corrected chi connectivity index (χ1v) is 5.93. The Bertz CT molecular complexity index is 405. The van der Waals surface area contributed by atoms with Crippen molar-refractivity contribution in [1.82, 2.24) is 5.32 Å². The molecule has 4 heteroatoms. The molecule has 1 aromatic carbocycles. The van der Waals surface area contributed by atoms with E-state index >= 15 is 0 Å². The maximum Gasteiger partial charge on any atom is 0.320 e. The monoisotopic (exact) mass is 235 g/mol. The second kappa shape index (κ2) is 5.19. The fraction of sp³-hybridized carbons (Fsp3) is 0.462. The summed E-state index contributed by atoms with van der Waals surface area (Å²) in [5.41, 5.74) is 1.05. The van der Waals surface area contributed by atoms with E-state index in [2.05, 4.69) is 5.32 Å². The summed E-state index contributed by atoms with van der Waals surface area (Å²) in [5.74, 6) is 0.0573. The molecule has 17 heavy (non-hydrogen) atoms. The van der Waals surface area contributed by atoms with Crippen molar-refractivity contribution in [3.05, 3.63) is 29.8 Å². The van der Waals surface area contributed by atoms with Crippen LogP contribution in [0.5, 0.6) is 5.75 Å². The van der Waals surface area contributed by atoms with Crippen LogP contribution in [-0.4, -0.2) is 23.7 Å². The molecule has 0 aliphatic carbocycles. The molecule has 0 spiro atoms. The number of aliphatic carboxylic acids is 1.